The van der Waals surface area contributed by atoms with Crippen LogP contribution in [0.25, 0.3) is 0 Å². The topological polar surface area (TPSA) is 82.8 Å². The molecule has 0 bridgehead atoms. The van der Waals surface area contributed by atoms with Gasteiger partial charge in [-0.15, -0.1) is 0 Å². The molecule has 0 N–H and O–H groups in total. The molecular weight excluding hydrogens is 261 g/mol. The lowest BCUT2D eigenvalue weighted by atomic mass is 10.2. The molecule has 102 valence electrons. The molecule has 19 heavy (non-hydrogen) atoms. The molecule has 7 nitrogen and oxygen atoms in total. The van der Waals surface area contributed by atoms with Crippen molar-refractivity contribution >= 4 is 17.9 Å². The molecule has 1 rings (SSSR count). The summed E-state index contributed by atoms with van der Waals surface area (Å²) in [7, 11) is 3.17. The first-order valence-electron chi connectivity index (χ1n) is 4.97. The normalized spacial score (nSPS) is 9.68. The summed E-state index contributed by atoms with van der Waals surface area (Å²) in [6, 6.07) is 1.81. The van der Waals surface area contributed by atoms with Gasteiger partial charge in [-0.05, 0) is 0 Å². The SMILES string of the molecule is COC(=O)c1cc(C(=O)OC)[n+](F)c(C(=O)OC)c1. The summed E-state index contributed by atoms with van der Waals surface area (Å²) in [5, 5.41) is 0. The van der Waals surface area contributed by atoms with E-state index in [0.717, 1.165) is 33.5 Å². The van der Waals surface area contributed by atoms with Crippen LogP contribution in [-0.4, -0.2) is 39.2 Å². The Kier molecular flexibility index (Phi) is 4.51. The van der Waals surface area contributed by atoms with Crippen molar-refractivity contribution in [2.75, 3.05) is 21.3 Å². The van der Waals surface area contributed by atoms with Crippen LogP contribution in [0.15, 0.2) is 12.1 Å². The van der Waals surface area contributed by atoms with Crippen molar-refractivity contribution < 1.29 is 37.9 Å². The van der Waals surface area contributed by atoms with Crippen LogP contribution in [0.5, 0.6) is 0 Å². The maximum absolute atomic E-state index is 13.9. The van der Waals surface area contributed by atoms with Crippen LogP contribution in [0.4, 0.5) is 4.48 Å². The van der Waals surface area contributed by atoms with Gasteiger partial charge in [0.25, 0.3) is 0 Å². The number of hydrogen-bond donors (Lipinski definition) is 0. The van der Waals surface area contributed by atoms with Crippen molar-refractivity contribution in [2.24, 2.45) is 0 Å². The molecule has 0 saturated heterocycles. The fourth-order valence-corrected chi connectivity index (χ4v) is 1.30. The molecule has 0 unspecified atom stereocenters. The van der Waals surface area contributed by atoms with E-state index < -0.39 is 29.3 Å². The third kappa shape index (κ3) is 2.84. The molecule has 0 aliphatic carbocycles. The van der Waals surface area contributed by atoms with E-state index in [2.05, 4.69) is 14.2 Å². The van der Waals surface area contributed by atoms with Gasteiger partial charge in [-0.1, -0.05) is 0 Å². The molecule has 0 fully saturated rings. The third-order valence-electron chi connectivity index (χ3n) is 2.22. The van der Waals surface area contributed by atoms with E-state index in [9.17, 15) is 18.9 Å². The van der Waals surface area contributed by atoms with E-state index in [1.165, 1.54) is 0 Å². The van der Waals surface area contributed by atoms with Gasteiger partial charge in [-0.25, -0.2) is 14.4 Å². The fourth-order valence-electron chi connectivity index (χ4n) is 1.30. The number of pyridine rings is 1. The van der Waals surface area contributed by atoms with Gasteiger partial charge in [-0.3, -0.25) is 0 Å². The second kappa shape index (κ2) is 5.89. The Morgan fingerprint density at radius 2 is 1.26 bits per heavy atom. The molecule has 8 heteroatoms. The van der Waals surface area contributed by atoms with Crippen molar-refractivity contribution in [3.05, 3.63) is 29.1 Å². The van der Waals surface area contributed by atoms with Gasteiger partial charge in [0.15, 0.2) is 0 Å². The van der Waals surface area contributed by atoms with Crippen molar-refractivity contribution in [1.29, 1.82) is 0 Å². The molecule has 0 aliphatic heterocycles. The number of rotatable bonds is 3. The van der Waals surface area contributed by atoms with Gasteiger partial charge in [-0.2, -0.15) is 0 Å². The third-order valence-corrected chi connectivity index (χ3v) is 2.22. The zero-order chi connectivity index (χ0) is 14.6. The molecule has 0 aromatic carbocycles. The quantitative estimate of drug-likeness (QED) is 0.572. The molecule has 1 heterocycles. The average Bonchev–Trinajstić information content (AvgIpc) is 2.44. The zero-order valence-corrected chi connectivity index (χ0v) is 10.4. The van der Waals surface area contributed by atoms with Crippen LogP contribution < -0.4 is 4.79 Å². The highest BCUT2D eigenvalue weighted by Crippen LogP contribution is 2.09. The smallest absolute Gasteiger partial charge is 0.407 e. The lowest BCUT2D eigenvalue weighted by Crippen LogP contribution is -2.40. The zero-order valence-electron chi connectivity index (χ0n) is 10.4. The number of nitrogens with zero attached hydrogens (tertiary/aromatic N) is 1. The van der Waals surface area contributed by atoms with Crippen molar-refractivity contribution in [3.63, 3.8) is 0 Å². The molecule has 0 aliphatic rings. The number of esters is 3. The predicted molar refractivity (Wildman–Crippen MR) is 57.2 cm³/mol. The second-order valence-corrected chi connectivity index (χ2v) is 3.27. The van der Waals surface area contributed by atoms with Crippen LogP contribution in [0.2, 0.25) is 0 Å². The minimum absolute atomic E-state index is 0.183. The Bertz CT molecular complexity index is 505. The number of aromatic nitrogens is 1. The first-order valence-corrected chi connectivity index (χ1v) is 4.97. The highest BCUT2D eigenvalue weighted by Gasteiger charge is 2.33. The molecule has 1 aromatic rings. The van der Waals surface area contributed by atoms with Crippen LogP contribution >= 0.6 is 0 Å². The first kappa shape index (κ1) is 14.6. The Morgan fingerprint density at radius 3 is 1.58 bits per heavy atom. The Morgan fingerprint density at radius 1 is 0.895 bits per heavy atom. The fraction of sp³-hybridized carbons (Fsp3) is 0.273. The number of ether oxygens (including phenoxy) is 3. The number of carbonyl (C=O) groups excluding carboxylic acids is 3. The van der Waals surface area contributed by atoms with Gasteiger partial charge in [0.05, 0.1) is 31.4 Å². The molecule has 0 amide bonds. The predicted octanol–water partition coefficient (Wildman–Crippen LogP) is 0.0665. The van der Waals surface area contributed by atoms with E-state index in [0.29, 0.717) is 0 Å². The van der Waals surface area contributed by atoms with Gasteiger partial charge in [0.2, 0.25) is 0 Å². The van der Waals surface area contributed by atoms with Crippen LogP contribution in [-0.2, 0) is 14.2 Å². The Labute approximate surface area is 107 Å². The standard InChI is InChI=1S/C11H11FNO6/c1-17-9(14)6-4-7(10(15)18-2)13(12)8(5-6)11(16)19-3/h4-5H,1-3H3/q+1. The molecule has 0 saturated carbocycles. The molecule has 0 atom stereocenters. The van der Waals surface area contributed by atoms with Crippen molar-refractivity contribution in [1.82, 2.24) is 0 Å². The number of carbonyl (C=O) groups is 3. The monoisotopic (exact) mass is 272 g/mol. The summed E-state index contributed by atoms with van der Waals surface area (Å²) in [6.07, 6.45) is 0. The van der Waals surface area contributed by atoms with Crippen LogP contribution in [0, 0.1) is 0 Å². The minimum Gasteiger partial charge on any atom is -0.465 e. The maximum atomic E-state index is 13.9. The van der Waals surface area contributed by atoms with E-state index in [1.807, 2.05) is 0 Å². The summed E-state index contributed by atoms with van der Waals surface area (Å²) in [4.78, 5) is 33.9. The lowest BCUT2D eigenvalue weighted by Gasteiger charge is -2.02. The van der Waals surface area contributed by atoms with Gasteiger partial charge in [0, 0.05) is 16.9 Å². The minimum atomic E-state index is -1.06. The first-order chi connectivity index (χ1) is 8.96. The van der Waals surface area contributed by atoms with Crippen LogP contribution in [0.3, 0.4) is 0 Å². The molecule has 0 radical (unpaired) electrons. The van der Waals surface area contributed by atoms with Crippen molar-refractivity contribution in [2.45, 2.75) is 0 Å². The summed E-state index contributed by atoms with van der Waals surface area (Å²) >= 11 is 0. The van der Waals surface area contributed by atoms with Crippen molar-refractivity contribution in [3.8, 4) is 0 Å². The second-order valence-electron chi connectivity index (χ2n) is 3.27. The van der Waals surface area contributed by atoms with Gasteiger partial charge < -0.3 is 14.2 Å². The molecular formula is C11H11FNO6+. The van der Waals surface area contributed by atoms with E-state index >= 15 is 0 Å². The number of methoxy groups -OCH3 is 3. The summed E-state index contributed by atoms with van der Waals surface area (Å²) in [5.74, 6) is -2.95. The van der Waals surface area contributed by atoms with E-state index in [-0.39, 0.29) is 10.4 Å². The summed E-state index contributed by atoms with van der Waals surface area (Å²) in [6.45, 7) is 0. The molecule has 1 aromatic heterocycles. The van der Waals surface area contributed by atoms with E-state index in [4.69, 9.17) is 0 Å². The largest absolute Gasteiger partial charge is 0.465 e. The highest BCUT2D eigenvalue weighted by atomic mass is 19.2. The number of hydrogen-bond acceptors (Lipinski definition) is 6. The summed E-state index contributed by atoms with van der Waals surface area (Å²) < 4.78 is 27.0. The maximum Gasteiger partial charge on any atom is 0.407 e. The van der Waals surface area contributed by atoms with Crippen LogP contribution in [0.1, 0.15) is 31.3 Å². The van der Waals surface area contributed by atoms with Gasteiger partial charge in [0.1, 0.15) is 0 Å². The highest BCUT2D eigenvalue weighted by molar-refractivity contribution is 5.96. The summed E-state index contributed by atoms with van der Waals surface area (Å²) in [5.41, 5.74) is -1.45. The lowest BCUT2D eigenvalue weighted by molar-refractivity contribution is -0.847. The number of halogens is 1. The molecule has 0 spiro atoms. The Balaban J connectivity index is 3.51. The van der Waals surface area contributed by atoms with Gasteiger partial charge >= 0.3 is 29.3 Å². The Hall–Kier alpha value is -2.51. The average molecular weight is 272 g/mol. The van der Waals surface area contributed by atoms with E-state index in [1.54, 1.807) is 0 Å².